The Morgan fingerprint density at radius 1 is 1.53 bits per heavy atom. The molecule has 0 aliphatic rings. The zero-order chi connectivity index (χ0) is 14.0. The Kier molecular flexibility index (Phi) is 3.66. The van der Waals surface area contributed by atoms with Crippen LogP contribution in [0.3, 0.4) is 0 Å². The molecule has 2 aromatic heterocycles. The van der Waals surface area contributed by atoms with Gasteiger partial charge in [-0.15, -0.1) is 0 Å². The van der Waals surface area contributed by atoms with E-state index >= 15 is 0 Å². The summed E-state index contributed by atoms with van der Waals surface area (Å²) in [6.07, 6.45) is 2.45. The van der Waals surface area contributed by atoms with Crippen LogP contribution in [0, 0.1) is 10.1 Å². The number of aromatic nitrogens is 3. The van der Waals surface area contributed by atoms with E-state index in [0.29, 0.717) is 12.1 Å². The second-order valence-electron chi connectivity index (χ2n) is 3.90. The highest BCUT2D eigenvalue weighted by Crippen LogP contribution is 2.28. The summed E-state index contributed by atoms with van der Waals surface area (Å²) in [7, 11) is 1.78. The molecular formula is C11H12ClN5O2. The lowest BCUT2D eigenvalue weighted by atomic mass is 10.3. The fourth-order valence-electron chi connectivity index (χ4n) is 1.69. The van der Waals surface area contributed by atoms with Crippen molar-refractivity contribution in [2.24, 2.45) is 7.05 Å². The van der Waals surface area contributed by atoms with E-state index in [0.717, 1.165) is 5.69 Å². The van der Waals surface area contributed by atoms with Gasteiger partial charge < -0.3 is 5.32 Å². The van der Waals surface area contributed by atoms with Crippen LogP contribution in [-0.2, 0) is 13.5 Å². The highest BCUT2D eigenvalue weighted by atomic mass is 35.5. The second kappa shape index (κ2) is 5.23. The van der Waals surface area contributed by atoms with Crippen molar-refractivity contribution in [3.05, 3.63) is 39.3 Å². The Labute approximate surface area is 114 Å². The Morgan fingerprint density at radius 2 is 2.26 bits per heavy atom. The fraction of sp³-hybridized carbons (Fsp3) is 0.273. The topological polar surface area (TPSA) is 85.9 Å². The standard InChI is InChI=1S/C11H12ClN5O2/c1-3-7-8(6-16(2)15-7)13-11-9(17(18)19)4-5-10(12)14-11/h4-6H,3H2,1-2H3,(H,13,14). The van der Waals surface area contributed by atoms with Crippen molar-refractivity contribution in [3.8, 4) is 0 Å². The van der Waals surface area contributed by atoms with Crippen molar-refractivity contribution in [1.82, 2.24) is 14.8 Å². The molecule has 0 aliphatic carbocycles. The molecule has 8 heteroatoms. The van der Waals surface area contributed by atoms with Crippen LogP contribution in [0.4, 0.5) is 17.2 Å². The highest BCUT2D eigenvalue weighted by molar-refractivity contribution is 6.29. The van der Waals surface area contributed by atoms with E-state index in [-0.39, 0.29) is 16.7 Å². The summed E-state index contributed by atoms with van der Waals surface area (Å²) >= 11 is 5.77. The Bertz CT molecular complexity index is 626. The maximum atomic E-state index is 10.9. The number of hydrogen-bond donors (Lipinski definition) is 1. The highest BCUT2D eigenvalue weighted by Gasteiger charge is 2.17. The first kappa shape index (κ1) is 13.3. The number of nitro groups is 1. The molecule has 2 aromatic rings. The lowest BCUT2D eigenvalue weighted by molar-refractivity contribution is -0.384. The minimum absolute atomic E-state index is 0.111. The van der Waals surface area contributed by atoms with Crippen molar-refractivity contribution in [1.29, 1.82) is 0 Å². The molecule has 0 unspecified atom stereocenters. The molecule has 2 rings (SSSR count). The van der Waals surface area contributed by atoms with Crippen LogP contribution in [0.1, 0.15) is 12.6 Å². The summed E-state index contributed by atoms with van der Waals surface area (Å²) in [6.45, 7) is 1.95. The largest absolute Gasteiger partial charge is 0.332 e. The maximum absolute atomic E-state index is 10.9. The van der Waals surface area contributed by atoms with Crippen LogP contribution in [0.25, 0.3) is 0 Å². The van der Waals surface area contributed by atoms with Crippen molar-refractivity contribution in [2.75, 3.05) is 5.32 Å². The summed E-state index contributed by atoms with van der Waals surface area (Å²) in [5, 5.41) is 18.3. The average molecular weight is 282 g/mol. The van der Waals surface area contributed by atoms with Gasteiger partial charge in [-0.25, -0.2) is 4.98 Å². The van der Waals surface area contributed by atoms with Crippen LogP contribution in [0.2, 0.25) is 5.15 Å². The molecule has 0 amide bonds. The molecule has 0 aromatic carbocycles. The quantitative estimate of drug-likeness (QED) is 0.529. The molecule has 100 valence electrons. The van der Waals surface area contributed by atoms with Crippen molar-refractivity contribution in [3.63, 3.8) is 0 Å². The van der Waals surface area contributed by atoms with Gasteiger partial charge in [0.05, 0.1) is 16.3 Å². The Morgan fingerprint density at radius 3 is 2.89 bits per heavy atom. The van der Waals surface area contributed by atoms with Crippen molar-refractivity contribution < 1.29 is 4.92 Å². The smallest absolute Gasteiger partial charge is 0.311 e. The zero-order valence-corrected chi connectivity index (χ0v) is 11.2. The third-order valence-corrected chi connectivity index (χ3v) is 2.74. The van der Waals surface area contributed by atoms with Gasteiger partial charge in [-0.05, 0) is 12.5 Å². The minimum atomic E-state index is -0.506. The number of anilines is 2. The normalized spacial score (nSPS) is 10.5. The van der Waals surface area contributed by atoms with E-state index in [9.17, 15) is 10.1 Å². The van der Waals surface area contributed by atoms with E-state index in [2.05, 4.69) is 15.4 Å². The van der Waals surface area contributed by atoms with Gasteiger partial charge >= 0.3 is 5.69 Å². The first-order valence-corrected chi connectivity index (χ1v) is 5.99. The summed E-state index contributed by atoms with van der Waals surface area (Å²) in [5.74, 6) is 0.111. The van der Waals surface area contributed by atoms with Crippen molar-refractivity contribution >= 4 is 28.8 Å². The molecule has 0 bridgehead atoms. The van der Waals surface area contributed by atoms with Gasteiger partial charge in [0.15, 0.2) is 0 Å². The number of aryl methyl sites for hydroxylation is 2. The van der Waals surface area contributed by atoms with E-state index in [1.807, 2.05) is 6.92 Å². The van der Waals surface area contributed by atoms with Gasteiger partial charge in [0.25, 0.3) is 0 Å². The van der Waals surface area contributed by atoms with Gasteiger partial charge in [0.2, 0.25) is 5.82 Å². The van der Waals surface area contributed by atoms with Gasteiger partial charge in [0.1, 0.15) is 5.15 Å². The van der Waals surface area contributed by atoms with Crippen LogP contribution in [-0.4, -0.2) is 19.7 Å². The Hall–Kier alpha value is -2.15. The first-order chi connectivity index (χ1) is 9.01. The van der Waals surface area contributed by atoms with Crippen LogP contribution in [0.5, 0.6) is 0 Å². The van der Waals surface area contributed by atoms with E-state index in [1.54, 1.807) is 17.9 Å². The summed E-state index contributed by atoms with van der Waals surface area (Å²) < 4.78 is 1.64. The number of nitrogens with one attached hydrogen (secondary N) is 1. The number of nitrogens with zero attached hydrogens (tertiary/aromatic N) is 4. The Balaban J connectivity index is 2.42. The average Bonchev–Trinajstić information content (AvgIpc) is 2.69. The summed E-state index contributed by atoms with van der Waals surface area (Å²) in [6, 6.07) is 2.70. The van der Waals surface area contributed by atoms with Crippen LogP contribution < -0.4 is 5.32 Å². The summed E-state index contributed by atoms with van der Waals surface area (Å²) in [4.78, 5) is 14.4. The SMILES string of the molecule is CCc1nn(C)cc1Nc1nc(Cl)ccc1[N+](=O)[O-]. The second-order valence-corrected chi connectivity index (χ2v) is 4.29. The molecular weight excluding hydrogens is 270 g/mol. The third-order valence-electron chi connectivity index (χ3n) is 2.53. The van der Waals surface area contributed by atoms with E-state index < -0.39 is 4.92 Å². The number of rotatable bonds is 4. The molecule has 7 nitrogen and oxygen atoms in total. The van der Waals surface area contributed by atoms with Crippen LogP contribution in [0.15, 0.2) is 18.3 Å². The molecule has 19 heavy (non-hydrogen) atoms. The lowest BCUT2D eigenvalue weighted by Gasteiger charge is -2.05. The number of pyridine rings is 1. The molecule has 0 atom stereocenters. The number of hydrogen-bond acceptors (Lipinski definition) is 5. The fourth-order valence-corrected chi connectivity index (χ4v) is 1.84. The maximum Gasteiger partial charge on any atom is 0.311 e. The van der Waals surface area contributed by atoms with Crippen LogP contribution >= 0.6 is 11.6 Å². The van der Waals surface area contributed by atoms with E-state index in [1.165, 1.54) is 12.1 Å². The zero-order valence-electron chi connectivity index (χ0n) is 10.4. The lowest BCUT2D eigenvalue weighted by Crippen LogP contribution is -2.00. The molecule has 0 spiro atoms. The first-order valence-electron chi connectivity index (χ1n) is 5.61. The van der Waals surface area contributed by atoms with Gasteiger partial charge in [-0.1, -0.05) is 18.5 Å². The van der Waals surface area contributed by atoms with Gasteiger partial charge in [-0.2, -0.15) is 5.10 Å². The monoisotopic (exact) mass is 281 g/mol. The third kappa shape index (κ3) is 2.82. The molecule has 2 heterocycles. The predicted octanol–water partition coefficient (Wildman–Crippen LogP) is 2.68. The molecule has 0 saturated heterocycles. The molecule has 0 radical (unpaired) electrons. The predicted molar refractivity (Wildman–Crippen MR) is 71.8 cm³/mol. The van der Waals surface area contributed by atoms with Gasteiger partial charge in [0, 0.05) is 19.3 Å². The van der Waals surface area contributed by atoms with E-state index in [4.69, 9.17) is 11.6 Å². The molecule has 0 fully saturated rings. The van der Waals surface area contributed by atoms with Crippen molar-refractivity contribution in [2.45, 2.75) is 13.3 Å². The molecule has 0 saturated carbocycles. The molecule has 0 aliphatic heterocycles. The minimum Gasteiger partial charge on any atom is -0.332 e. The number of halogens is 1. The summed E-state index contributed by atoms with van der Waals surface area (Å²) in [5.41, 5.74) is 1.36. The molecule has 1 N–H and O–H groups in total. The van der Waals surface area contributed by atoms with Gasteiger partial charge in [-0.3, -0.25) is 14.8 Å².